The van der Waals surface area contributed by atoms with Crippen molar-refractivity contribution in [3.8, 4) is 5.75 Å². The van der Waals surface area contributed by atoms with Crippen molar-refractivity contribution in [3.05, 3.63) is 71.2 Å². The molecule has 102 valence electrons. The Morgan fingerprint density at radius 2 is 2.00 bits per heavy atom. The molecule has 4 heteroatoms. The van der Waals surface area contributed by atoms with Crippen molar-refractivity contribution in [2.75, 3.05) is 11.9 Å². The molecule has 0 heterocycles. The number of benzene rings is 2. The first kappa shape index (κ1) is 14.3. The van der Waals surface area contributed by atoms with Crippen molar-refractivity contribution < 1.29 is 9.53 Å². The molecule has 2 aromatic rings. The SMILES string of the molecule is C=CCOc1ccc(C(=O)Nc2cccc(Br)c2)cc1. The van der Waals surface area contributed by atoms with E-state index in [1.165, 1.54) is 0 Å². The molecule has 0 radical (unpaired) electrons. The number of rotatable bonds is 5. The minimum Gasteiger partial charge on any atom is -0.490 e. The summed E-state index contributed by atoms with van der Waals surface area (Å²) < 4.78 is 6.29. The lowest BCUT2D eigenvalue weighted by molar-refractivity contribution is 0.102. The molecule has 0 spiro atoms. The Morgan fingerprint density at radius 3 is 2.65 bits per heavy atom. The molecular formula is C16H14BrNO2. The Balaban J connectivity index is 2.03. The molecule has 0 aromatic heterocycles. The van der Waals surface area contributed by atoms with Crippen LogP contribution in [0.1, 0.15) is 10.4 Å². The molecule has 2 rings (SSSR count). The van der Waals surface area contributed by atoms with Crippen LogP contribution < -0.4 is 10.1 Å². The van der Waals surface area contributed by atoms with Crippen LogP contribution in [0.3, 0.4) is 0 Å². The maximum absolute atomic E-state index is 12.1. The number of amides is 1. The van der Waals surface area contributed by atoms with Gasteiger partial charge in [-0.25, -0.2) is 0 Å². The van der Waals surface area contributed by atoms with Gasteiger partial charge in [0.25, 0.3) is 5.91 Å². The number of carbonyl (C=O) groups is 1. The van der Waals surface area contributed by atoms with E-state index in [0.29, 0.717) is 17.9 Å². The second kappa shape index (κ2) is 6.91. The largest absolute Gasteiger partial charge is 0.490 e. The third-order valence-electron chi connectivity index (χ3n) is 2.57. The number of carbonyl (C=O) groups excluding carboxylic acids is 1. The standard InChI is InChI=1S/C16H14BrNO2/c1-2-10-20-15-8-6-12(7-9-15)16(19)18-14-5-3-4-13(17)11-14/h2-9,11H,1,10H2,(H,18,19). The van der Waals surface area contributed by atoms with E-state index >= 15 is 0 Å². The fourth-order valence-corrected chi connectivity index (χ4v) is 2.03. The molecule has 0 fully saturated rings. The summed E-state index contributed by atoms with van der Waals surface area (Å²) in [5.41, 5.74) is 1.33. The van der Waals surface area contributed by atoms with Crippen LogP contribution in [0.25, 0.3) is 0 Å². The summed E-state index contributed by atoms with van der Waals surface area (Å²) in [5.74, 6) is 0.558. The summed E-state index contributed by atoms with van der Waals surface area (Å²) in [5, 5.41) is 2.84. The zero-order valence-corrected chi connectivity index (χ0v) is 12.4. The predicted octanol–water partition coefficient (Wildman–Crippen LogP) is 4.27. The Labute approximate surface area is 126 Å². The Kier molecular flexibility index (Phi) is 4.96. The Bertz CT molecular complexity index is 608. The van der Waals surface area contributed by atoms with Crippen molar-refractivity contribution in [3.63, 3.8) is 0 Å². The fourth-order valence-electron chi connectivity index (χ4n) is 1.63. The molecule has 20 heavy (non-hydrogen) atoms. The van der Waals surface area contributed by atoms with Gasteiger partial charge in [-0.1, -0.05) is 34.7 Å². The topological polar surface area (TPSA) is 38.3 Å². The summed E-state index contributed by atoms with van der Waals surface area (Å²) in [6, 6.07) is 14.4. The lowest BCUT2D eigenvalue weighted by atomic mass is 10.2. The molecule has 0 aliphatic carbocycles. The Hall–Kier alpha value is -2.07. The number of halogens is 1. The van der Waals surface area contributed by atoms with Crippen LogP contribution >= 0.6 is 15.9 Å². The van der Waals surface area contributed by atoms with Gasteiger partial charge in [0.1, 0.15) is 12.4 Å². The molecule has 0 aliphatic heterocycles. The molecule has 0 aliphatic rings. The molecule has 1 N–H and O–H groups in total. The molecular weight excluding hydrogens is 318 g/mol. The normalized spacial score (nSPS) is 9.85. The second-order valence-electron chi connectivity index (χ2n) is 4.09. The van der Waals surface area contributed by atoms with Crippen LogP contribution in [0, 0.1) is 0 Å². The summed E-state index contributed by atoms with van der Waals surface area (Å²) in [6.45, 7) is 4.03. The minimum absolute atomic E-state index is 0.154. The van der Waals surface area contributed by atoms with Crippen LogP contribution in [0.4, 0.5) is 5.69 Å². The van der Waals surface area contributed by atoms with Gasteiger partial charge in [0.15, 0.2) is 0 Å². The molecule has 0 saturated carbocycles. The molecule has 3 nitrogen and oxygen atoms in total. The third-order valence-corrected chi connectivity index (χ3v) is 3.06. The number of ether oxygens (including phenoxy) is 1. The van der Waals surface area contributed by atoms with Crippen LogP contribution in [-0.4, -0.2) is 12.5 Å². The highest BCUT2D eigenvalue weighted by atomic mass is 79.9. The quantitative estimate of drug-likeness (QED) is 0.831. The first-order chi connectivity index (χ1) is 9.69. The first-order valence-corrected chi connectivity index (χ1v) is 6.89. The van der Waals surface area contributed by atoms with Crippen molar-refractivity contribution in [1.29, 1.82) is 0 Å². The summed E-state index contributed by atoms with van der Waals surface area (Å²) >= 11 is 3.37. The van der Waals surface area contributed by atoms with E-state index in [1.54, 1.807) is 30.3 Å². The summed E-state index contributed by atoms with van der Waals surface area (Å²) in [4.78, 5) is 12.1. The summed E-state index contributed by atoms with van der Waals surface area (Å²) in [6.07, 6.45) is 1.67. The smallest absolute Gasteiger partial charge is 0.255 e. The highest BCUT2D eigenvalue weighted by molar-refractivity contribution is 9.10. The van der Waals surface area contributed by atoms with Gasteiger partial charge in [0.2, 0.25) is 0 Å². The number of hydrogen-bond donors (Lipinski definition) is 1. The van der Waals surface area contributed by atoms with Crippen molar-refractivity contribution >= 4 is 27.5 Å². The lowest BCUT2D eigenvalue weighted by Crippen LogP contribution is -2.11. The second-order valence-corrected chi connectivity index (χ2v) is 5.00. The van der Waals surface area contributed by atoms with E-state index in [2.05, 4.69) is 27.8 Å². The number of nitrogens with one attached hydrogen (secondary N) is 1. The van der Waals surface area contributed by atoms with Gasteiger partial charge in [-0.05, 0) is 42.5 Å². The van der Waals surface area contributed by atoms with Gasteiger partial charge in [-0.3, -0.25) is 4.79 Å². The molecule has 2 aromatic carbocycles. The Morgan fingerprint density at radius 1 is 1.25 bits per heavy atom. The first-order valence-electron chi connectivity index (χ1n) is 6.10. The van der Waals surface area contributed by atoms with Gasteiger partial charge in [0.05, 0.1) is 0 Å². The molecule has 0 atom stereocenters. The zero-order chi connectivity index (χ0) is 14.4. The predicted molar refractivity (Wildman–Crippen MR) is 84.2 cm³/mol. The van der Waals surface area contributed by atoms with E-state index < -0.39 is 0 Å². The van der Waals surface area contributed by atoms with E-state index in [4.69, 9.17) is 4.74 Å². The number of anilines is 1. The maximum Gasteiger partial charge on any atom is 0.255 e. The third kappa shape index (κ3) is 3.96. The average Bonchev–Trinajstić information content (AvgIpc) is 2.45. The van der Waals surface area contributed by atoms with Crippen LogP contribution in [0.2, 0.25) is 0 Å². The van der Waals surface area contributed by atoms with E-state index in [0.717, 1.165) is 10.2 Å². The van der Waals surface area contributed by atoms with Gasteiger partial charge in [-0.2, -0.15) is 0 Å². The van der Waals surface area contributed by atoms with Crippen LogP contribution in [0.5, 0.6) is 5.75 Å². The maximum atomic E-state index is 12.1. The average molecular weight is 332 g/mol. The molecule has 0 bridgehead atoms. The fraction of sp³-hybridized carbons (Fsp3) is 0.0625. The highest BCUT2D eigenvalue weighted by Crippen LogP contribution is 2.17. The summed E-state index contributed by atoms with van der Waals surface area (Å²) in [7, 11) is 0. The monoisotopic (exact) mass is 331 g/mol. The highest BCUT2D eigenvalue weighted by Gasteiger charge is 2.06. The van der Waals surface area contributed by atoms with E-state index in [-0.39, 0.29) is 5.91 Å². The number of hydrogen-bond acceptors (Lipinski definition) is 2. The zero-order valence-electron chi connectivity index (χ0n) is 10.8. The molecule has 0 unspecified atom stereocenters. The van der Waals surface area contributed by atoms with Gasteiger partial charge >= 0.3 is 0 Å². The van der Waals surface area contributed by atoms with Gasteiger partial charge < -0.3 is 10.1 Å². The van der Waals surface area contributed by atoms with Gasteiger partial charge in [0, 0.05) is 15.7 Å². The van der Waals surface area contributed by atoms with Crippen molar-refractivity contribution in [2.45, 2.75) is 0 Å². The van der Waals surface area contributed by atoms with Gasteiger partial charge in [-0.15, -0.1) is 0 Å². The molecule has 0 saturated heterocycles. The van der Waals surface area contributed by atoms with E-state index in [1.807, 2.05) is 24.3 Å². The van der Waals surface area contributed by atoms with Crippen LogP contribution in [0.15, 0.2) is 65.7 Å². The van der Waals surface area contributed by atoms with Crippen molar-refractivity contribution in [2.24, 2.45) is 0 Å². The van der Waals surface area contributed by atoms with Crippen LogP contribution in [-0.2, 0) is 0 Å². The minimum atomic E-state index is -0.154. The molecule has 1 amide bonds. The van der Waals surface area contributed by atoms with Crippen molar-refractivity contribution in [1.82, 2.24) is 0 Å². The lowest BCUT2D eigenvalue weighted by Gasteiger charge is -2.07. The van der Waals surface area contributed by atoms with E-state index in [9.17, 15) is 4.79 Å².